The van der Waals surface area contributed by atoms with Crippen LogP contribution in [0.5, 0.6) is 0 Å². The van der Waals surface area contributed by atoms with E-state index in [9.17, 15) is 14.4 Å². The lowest BCUT2D eigenvalue weighted by Crippen LogP contribution is -2.53. The molecule has 38 heavy (non-hydrogen) atoms. The van der Waals surface area contributed by atoms with E-state index in [-0.39, 0.29) is 36.2 Å². The lowest BCUT2D eigenvalue weighted by molar-refractivity contribution is -0.138. The van der Waals surface area contributed by atoms with Crippen LogP contribution in [0.2, 0.25) is 0 Å². The van der Waals surface area contributed by atoms with Crippen LogP contribution < -0.4 is 5.32 Å². The summed E-state index contributed by atoms with van der Waals surface area (Å²) in [6.45, 7) is 12.6. The Balaban J connectivity index is 1.46. The molecule has 0 unspecified atom stereocenters. The Morgan fingerprint density at radius 1 is 1.18 bits per heavy atom. The van der Waals surface area contributed by atoms with E-state index < -0.39 is 24.2 Å². The maximum Gasteiger partial charge on any atom is 0.251 e. The average Bonchev–Trinajstić information content (AvgIpc) is 3.43. The third-order valence-corrected chi connectivity index (χ3v) is 7.96. The number of ether oxygens (including phenoxy) is 1. The van der Waals surface area contributed by atoms with Crippen molar-refractivity contribution in [3.05, 3.63) is 45.8 Å². The number of piperidine rings is 1. The van der Waals surface area contributed by atoms with Gasteiger partial charge < -0.3 is 19.9 Å². The van der Waals surface area contributed by atoms with Crippen molar-refractivity contribution in [2.24, 2.45) is 10.5 Å². The van der Waals surface area contributed by atoms with Gasteiger partial charge in [-0.1, -0.05) is 38.0 Å². The summed E-state index contributed by atoms with van der Waals surface area (Å²) in [5, 5.41) is 6.69. The third-order valence-electron chi connectivity index (χ3n) is 7.96. The van der Waals surface area contributed by atoms with Crippen LogP contribution in [0.4, 0.5) is 0 Å². The van der Waals surface area contributed by atoms with Crippen molar-refractivity contribution in [2.45, 2.75) is 90.1 Å². The predicted molar refractivity (Wildman–Crippen MR) is 144 cm³/mol. The fourth-order valence-electron chi connectivity index (χ4n) is 5.94. The molecule has 1 N–H and O–H groups in total. The first-order valence-corrected chi connectivity index (χ1v) is 13.6. The van der Waals surface area contributed by atoms with Crippen molar-refractivity contribution in [1.82, 2.24) is 15.1 Å². The number of nitrogens with one attached hydrogen (secondary N) is 1. The number of azide groups is 1. The highest BCUT2D eigenvalue weighted by molar-refractivity contribution is 5.99. The van der Waals surface area contributed by atoms with Gasteiger partial charge in [-0.25, -0.2) is 0 Å². The number of rotatable bonds is 7. The van der Waals surface area contributed by atoms with Crippen molar-refractivity contribution >= 4 is 17.6 Å². The van der Waals surface area contributed by atoms with Crippen LogP contribution in [0.25, 0.3) is 10.4 Å². The molecule has 0 spiro atoms. The Kier molecular flexibility index (Phi) is 8.45. The van der Waals surface area contributed by atoms with Crippen LogP contribution in [0, 0.1) is 5.41 Å². The van der Waals surface area contributed by atoms with Gasteiger partial charge in [-0.2, -0.15) is 0 Å². The number of nitrogens with zero attached hydrogens (tertiary/aromatic N) is 5. The maximum atomic E-state index is 13.7. The van der Waals surface area contributed by atoms with E-state index >= 15 is 0 Å². The summed E-state index contributed by atoms with van der Waals surface area (Å²) in [6, 6.07) is 6.00. The Bertz CT molecular complexity index is 1080. The summed E-state index contributed by atoms with van der Waals surface area (Å²) in [5.74, 6) is -0.415. The lowest BCUT2D eigenvalue weighted by Gasteiger charge is -2.34. The van der Waals surface area contributed by atoms with E-state index in [2.05, 4.69) is 34.1 Å². The first-order valence-electron chi connectivity index (χ1n) is 13.6. The van der Waals surface area contributed by atoms with Crippen molar-refractivity contribution in [3.63, 3.8) is 0 Å². The highest BCUT2D eigenvalue weighted by Crippen LogP contribution is 2.32. The van der Waals surface area contributed by atoms with E-state index in [0.717, 1.165) is 25.9 Å². The minimum Gasteiger partial charge on any atom is -0.367 e. The number of fused-ring (bicyclic) bond motifs is 1. The number of amides is 2. The van der Waals surface area contributed by atoms with Crippen LogP contribution >= 0.6 is 0 Å². The topological polar surface area (TPSA) is 128 Å². The summed E-state index contributed by atoms with van der Waals surface area (Å²) in [7, 11) is 0. The second kappa shape index (κ2) is 11.4. The van der Waals surface area contributed by atoms with Gasteiger partial charge in [0, 0.05) is 23.1 Å². The van der Waals surface area contributed by atoms with Gasteiger partial charge in [0.25, 0.3) is 5.91 Å². The SMILES string of the molecule is CC(C)N1CCC(c2ccc(C(=O)N[C@@H](CC(C)(C)C)C(=O)N3C[C@@H](N=[N+]=[N-])[C@H]4OCC(=O)[C@H]43)cc2)CC1. The third kappa shape index (κ3) is 6.20. The van der Waals surface area contributed by atoms with E-state index in [1.165, 1.54) is 10.5 Å². The summed E-state index contributed by atoms with van der Waals surface area (Å²) >= 11 is 0. The Morgan fingerprint density at radius 2 is 1.84 bits per heavy atom. The molecule has 1 aromatic carbocycles. The molecule has 10 heteroatoms. The molecule has 3 fully saturated rings. The zero-order chi connectivity index (χ0) is 27.6. The number of carbonyl (C=O) groups is 3. The Hall–Kier alpha value is -2.94. The molecule has 2 amide bonds. The summed E-state index contributed by atoms with van der Waals surface area (Å²) in [6.07, 6.45) is 1.94. The highest BCUT2D eigenvalue weighted by atomic mass is 16.5. The average molecular weight is 525 g/mol. The molecule has 10 nitrogen and oxygen atoms in total. The minimum atomic E-state index is -0.832. The molecular formula is C28H40N6O4. The van der Waals surface area contributed by atoms with Crippen LogP contribution in [-0.2, 0) is 14.3 Å². The lowest BCUT2D eigenvalue weighted by atomic mass is 9.87. The second-order valence-corrected chi connectivity index (χ2v) is 12.3. The van der Waals surface area contributed by atoms with Crippen LogP contribution in [0.1, 0.15) is 75.7 Å². The second-order valence-electron chi connectivity index (χ2n) is 12.3. The number of ketones is 1. The van der Waals surface area contributed by atoms with Gasteiger partial charge in [-0.15, -0.1) is 0 Å². The molecule has 1 aromatic rings. The predicted octanol–water partition coefficient (Wildman–Crippen LogP) is 3.67. The van der Waals surface area contributed by atoms with Gasteiger partial charge in [0.15, 0.2) is 5.78 Å². The van der Waals surface area contributed by atoms with Gasteiger partial charge in [0.2, 0.25) is 5.91 Å². The van der Waals surface area contributed by atoms with Crippen LogP contribution in [0.15, 0.2) is 29.4 Å². The van der Waals surface area contributed by atoms with E-state index in [1.54, 1.807) is 0 Å². The molecular weight excluding hydrogens is 484 g/mol. The molecule has 3 saturated heterocycles. The number of hydrogen-bond donors (Lipinski definition) is 1. The van der Waals surface area contributed by atoms with Crippen LogP contribution in [-0.4, -0.2) is 83.9 Å². The first kappa shape index (κ1) is 28.1. The zero-order valence-electron chi connectivity index (χ0n) is 23.1. The van der Waals surface area contributed by atoms with Crippen LogP contribution in [0.3, 0.4) is 0 Å². The molecule has 0 aliphatic carbocycles. The quantitative estimate of drug-likeness (QED) is 0.331. The molecule has 3 aliphatic heterocycles. The number of benzene rings is 1. The minimum absolute atomic E-state index is 0.0881. The van der Waals surface area contributed by atoms with Gasteiger partial charge in [0.1, 0.15) is 18.7 Å². The fraction of sp³-hybridized carbons (Fsp3) is 0.679. The molecule has 4 atom stereocenters. The molecule has 3 heterocycles. The molecule has 4 rings (SSSR count). The van der Waals surface area contributed by atoms with Gasteiger partial charge in [0.05, 0.1) is 12.1 Å². The van der Waals surface area contributed by atoms with Crippen molar-refractivity contribution in [2.75, 3.05) is 26.2 Å². The monoisotopic (exact) mass is 524 g/mol. The fourth-order valence-corrected chi connectivity index (χ4v) is 5.94. The largest absolute Gasteiger partial charge is 0.367 e. The molecule has 0 saturated carbocycles. The number of Topliss-reactive ketones (excluding diaryl/α,β-unsaturated/α-hetero) is 1. The standard InChI is InChI=1S/C28H40N6O4/c1-17(2)33-12-10-19(11-13-33)18-6-8-20(9-7-18)26(36)30-21(14-28(3,4)5)27(37)34-15-22(31-32-29)25-24(34)23(35)16-38-25/h6-9,17,19,21-22,24-25H,10-16H2,1-5H3,(H,30,36)/t21-,22+,24+,25+/m0/s1. The number of hydrogen-bond acceptors (Lipinski definition) is 6. The maximum absolute atomic E-state index is 13.7. The first-order chi connectivity index (χ1) is 18.0. The Labute approximate surface area is 224 Å². The van der Waals surface area contributed by atoms with Gasteiger partial charge >= 0.3 is 0 Å². The van der Waals surface area contributed by atoms with E-state index in [1.807, 2.05) is 45.0 Å². The smallest absolute Gasteiger partial charge is 0.251 e. The Morgan fingerprint density at radius 3 is 2.42 bits per heavy atom. The number of carbonyl (C=O) groups excluding carboxylic acids is 3. The molecule has 0 radical (unpaired) electrons. The van der Waals surface area contributed by atoms with Gasteiger partial charge in [-0.05, 0) is 80.8 Å². The van der Waals surface area contributed by atoms with E-state index in [4.69, 9.17) is 10.3 Å². The van der Waals surface area contributed by atoms with Crippen molar-refractivity contribution < 1.29 is 19.1 Å². The normalized spacial score (nSPS) is 25.3. The van der Waals surface area contributed by atoms with Crippen molar-refractivity contribution in [3.8, 4) is 0 Å². The number of likely N-dealkylation sites (tertiary alicyclic amines) is 2. The summed E-state index contributed by atoms with van der Waals surface area (Å²) in [4.78, 5) is 46.3. The molecule has 3 aliphatic rings. The molecule has 0 bridgehead atoms. The zero-order valence-corrected chi connectivity index (χ0v) is 23.1. The summed E-state index contributed by atoms with van der Waals surface area (Å²) in [5.41, 5.74) is 10.4. The van der Waals surface area contributed by atoms with Gasteiger partial charge in [-0.3, -0.25) is 14.4 Å². The molecule has 0 aromatic heterocycles. The van der Waals surface area contributed by atoms with E-state index in [0.29, 0.717) is 23.9 Å². The highest BCUT2D eigenvalue weighted by Gasteiger charge is 2.53. The van der Waals surface area contributed by atoms with Crippen molar-refractivity contribution in [1.29, 1.82) is 0 Å². The molecule has 206 valence electrons. The summed E-state index contributed by atoms with van der Waals surface area (Å²) < 4.78 is 5.55.